The zero-order valence-electron chi connectivity index (χ0n) is 9.47. The first-order chi connectivity index (χ1) is 6.77. The molecule has 3 atom stereocenters. The van der Waals surface area contributed by atoms with E-state index in [1.807, 2.05) is 0 Å². The third-order valence-corrected chi connectivity index (χ3v) is 4.07. The lowest BCUT2D eigenvalue weighted by molar-refractivity contribution is 0.175. The average Bonchev–Trinajstić information content (AvgIpc) is 2.21. The van der Waals surface area contributed by atoms with Crippen molar-refractivity contribution in [3.63, 3.8) is 0 Å². The van der Waals surface area contributed by atoms with Gasteiger partial charge in [-0.2, -0.15) is 0 Å². The molecule has 1 nitrogen and oxygen atoms in total. The van der Waals surface area contributed by atoms with Crippen LogP contribution in [0.25, 0.3) is 0 Å². The Morgan fingerprint density at radius 1 is 1.36 bits per heavy atom. The van der Waals surface area contributed by atoms with Gasteiger partial charge in [0.1, 0.15) is 0 Å². The fourth-order valence-electron chi connectivity index (χ4n) is 2.48. The molecule has 0 radical (unpaired) electrons. The molecule has 2 heteroatoms. The lowest BCUT2D eigenvalue weighted by Crippen LogP contribution is -2.25. The molecule has 0 N–H and O–H groups in total. The molecule has 14 heavy (non-hydrogen) atoms. The number of hydrogen-bond acceptors (Lipinski definition) is 1. The minimum Gasteiger partial charge on any atom is -0.385 e. The molecule has 1 fully saturated rings. The molecule has 0 aromatic rings. The van der Waals surface area contributed by atoms with Gasteiger partial charge in [0.2, 0.25) is 0 Å². The topological polar surface area (TPSA) is 9.23 Å². The van der Waals surface area contributed by atoms with Crippen molar-refractivity contribution < 1.29 is 4.74 Å². The van der Waals surface area contributed by atoms with Crippen molar-refractivity contribution >= 4 is 11.6 Å². The lowest BCUT2D eigenvalue weighted by Gasteiger charge is -2.32. The molecular formula is C12H23ClO. The maximum Gasteiger partial charge on any atom is 0.0462 e. The second kappa shape index (κ2) is 6.68. The van der Waals surface area contributed by atoms with Gasteiger partial charge in [-0.1, -0.05) is 13.3 Å². The Balaban J connectivity index is 2.25. The summed E-state index contributed by atoms with van der Waals surface area (Å²) in [5.41, 5.74) is 0. The first-order valence-corrected chi connectivity index (χ1v) is 6.34. The number of methoxy groups -OCH3 is 1. The Morgan fingerprint density at radius 2 is 2.14 bits per heavy atom. The molecule has 0 aromatic heterocycles. The van der Waals surface area contributed by atoms with Crippen molar-refractivity contribution in [2.24, 2.45) is 11.8 Å². The highest BCUT2D eigenvalue weighted by molar-refractivity contribution is 6.20. The van der Waals surface area contributed by atoms with Gasteiger partial charge in [-0.25, -0.2) is 0 Å². The minimum absolute atomic E-state index is 0.426. The van der Waals surface area contributed by atoms with Crippen LogP contribution in [-0.4, -0.2) is 19.1 Å². The molecule has 84 valence electrons. The average molecular weight is 219 g/mol. The van der Waals surface area contributed by atoms with Crippen LogP contribution < -0.4 is 0 Å². The molecule has 0 aliphatic heterocycles. The molecule has 0 amide bonds. The summed E-state index contributed by atoms with van der Waals surface area (Å²) in [6.45, 7) is 3.18. The molecule has 0 heterocycles. The van der Waals surface area contributed by atoms with Crippen LogP contribution in [0.4, 0.5) is 0 Å². The van der Waals surface area contributed by atoms with Gasteiger partial charge in [-0.15, -0.1) is 11.6 Å². The highest BCUT2D eigenvalue weighted by atomic mass is 35.5. The number of alkyl halides is 1. The predicted molar refractivity (Wildman–Crippen MR) is 61.9 cm³/mol. The monoisotopic (exact) mass is 218 g/mol. The van der Waals surface area contributed by atoms with Gasteiger partial charge in [-0.05, 0) is 43.9 Å². The summed E-state index contributed by atoms with van der Waals surface area (Å²) in [5.74, 6) is 1.67. The van der Waals surface area contributed by atoms with Gasteiger partial charge in [-0.3, -0.25) is 0 Å². The van der Waals surface area contributed by atoms with Crippen LogP contribution in [0, 0.1) is 11.8 Å². The van der Waals surface area contributed by atoms with Crippen molar-refractivity contribution in [3.05, 3.63) is 0 Å². The quantitative estimate of drug-likeness (QED) is 0.503. The fourth-order valence-corrected chi connectivity index (χ4v) is 2.84. The summed E-state index contributed by atoms with van der Waals surface area (Å²) in [6, 6.07) is 0. The normalized spacial score (nSPS) is 33.2. The van der Waals surface area contributed by atoms with Gasteiger partial charge < -0.3 is 4.74 Å². The summed E-state index contributed by atoms with van der Waals surface area (Å²) in [6.07, 6.45) is 7.64. The first kappa shape index (κ1) is 12.3. The van der Waals surface area contributed by atoms with Gasteiger partial charge in [0.15, 0.2) is 0 Å². The van der Waals surface area contributed by atoms with E-state index in [4.69, 9.17) is 16.3 Å². The molecule has 1 aliphatic carbocycles. The van der Waals surface area contributed by atoms with Crippen molar-refractivity contribution in [1.82, 2.24) is 0 Å². The van der Waals surface area contributed by atoms with E-state index in [9.17, 15) is 0 Å². The SMILES string of the molecule is CCC1CCC(Cl)C(CCCOC)C1. The molecule has 0 bridgehead atoms. The van der Waals surface area contributed by atoms with Crippen molar-refractivity contribution in [2.45, 2.75) is 50.8 Å². The molecule has 3 unspecified atom stereocenters. The summed E-state index contributed by atoms with van der Waals surface area (Å²) in [4.78, 5) is 0. The second-order valence-corrected chi connectivity index (χ2v) is 5.06. The van der Waals surface area contributed by atoms with Crippen LogP contribution in [0.2, 0.25) is 0 Å². The van der Waals surface area contributed by atoms with E-state index in [1.54, 1.807) is 7.11 Å². The number of rotatable bonds is 5. The lowest BCUT2D eigenvalue weighted by atomic mass is 9.78. The number of halogens is 1. The Hall–Kier alpha value is 0.250. The number of ether oxygens (including phenoxy) is 1. The van der Waals surface area contributed by atoms with Gasteiger partial charge in [0, 0.05) is 19.1 Å². The van der Waals surface area contributed by atoms with Crippen molar-refractivity contribution in [3.8, 4) is 0 Å². The number of hydrogen-bond donors (Lipinski definition) is 0. The maximum absolute atomic E-state index is 6.34. The Bertz CT molecular complexity index is 149. The molecule has 1 saturated carbocycles. The van der Waals surface area contributed by atoms with Crippen molar-refractivity contribution in [2.75, 3.05) is 13.7 Å². The molecule has 0 aromatic carbocycles. The van der Waals surface area contributed by atoms with Crippen LogP contribution in [0.5, 0.6) is 0 Å². The molecule has 1 aliphatic rings. The highest BCUT2D eigenvalue weighted by Gasteiger charge is 2.27. The van der Waals surface area contributed by atoms with Gasteiger partial charge in [0.05, 0.1) is 0 Å². The largest absolute Gasteiger partial charge is 0.385 e. The van der Waals surface area contributed by atoms with E-state index in [1.165, 1.54) is 38.5 Å². The van der Waals surface area contributed by atoms with Gasteiger partial charge in [0.25, 0.3) is 0 Å². The van der Waals surface area contributed by atoms with E-state index in [2.05, 4.69) is 6.92 Å². The Kier molecular flexibility index (Phi) is 5.88. The van der Waals surface area contributed by atoms with Crippen LogP contribution in [0.15, 0.2) is 0 Å². The van der Waals surface area contributed by atoms with Crippen LogP contribution in [-0.2, 0) is 4.74 Å². The minimum atomic E-state index is 0.426. The molecule has 0 saturated heterocycles. The van der Waals surface area contributed by atoms with Crippen LogP contribution in [0.1, 0.15) is 45.4 Å². The van der Waals surface area contributed by atoms with E-state index in [-0.39, 0.29) is 0 Å². The maximum atomic E-state index is 6.34. The van der Waals surface area contributed by atoms with E-state index in [0.29, 0.717) is 5.38 Å². The van der Waals surface area contributed by atoms with E-state index in [0.717, 1.165) is 18.4 Å². The molecule has 0 spiro atoms. The molecule has 1 rings (SSSR count). The summed E-state index contributed by atoms with van der Waals surface area (Å²) in [7, 11) is 1.77. The zero-order valence-corrected chi connectivity index (χ0v) is 10.2. The fraction of sp³-hybridized carbons (Fsp3) is 1.00. The van der Waals surface area contributed by atoms with E-state index < -0.39 is 0 Å². The molecular weight excluding hydrogens is 196 g/mol. The third kappa shape index (κ3) is 3.78. The van der Waals surface area contributed by atoms with Gasteiger partial charge >= 0.3 is 0 Å². The van der Waals surface area contributed by atoms with Crippen LogP contribution in [0.3, 0.4) is 0 Å². The Labute approximate surface area is 93.2 Å². The summed E-state index contributed by atoms with van der Waals surface area (Å²) >= 11 is 6.34. The standard InChI is InChI=1S/C12H23ClO/c1-3-10-6-7-12(13)11(9-10)5-4-8-14-2/h10-12H,3-9H2,1-2H3. The second-order valence-electron chi connectivity index (χ2n) is 4.50. The summed E-state index contributed by atoms with van der Waals surface area (Å²) in [5, 5.41) is 0.426. The summed E-state index contributed by atoms with van der Waals surface area (Å²) < 4.78 is 5.08. The van der Waals surface area contributed by atoms with Crippen LogP contribution >= 0.6 is 11.6 Å². The Morgan fingerprint density at radius 3 is 2.79 bits per heavy atom. The third-order valence-electron chi connectivity index (χ3n) is 3.50. The predicted octanol–water partition coefficient (Wildman–Crippen LogP) is 3.85. The zero-order chi connectivity index (χ0) is 10.4. The smallest absolute Gasteiger partial charge is 0.0462 e. The highest BCUT2D eigenvalue weighted by Crippen LogP contribution is 2.36. The van der Waals surface area contributed by atoms with E-state index >= 15 is 0 Å². The van der Waals surface area contributed by atoms with Crippen molar-refractivity contribution in [1.29, 1.82) is 0 Å². The first-order valence-electron chi connectivity index (χ1n) is 5.91.